The summed E-state index contributed by atoms with van der Waals surface area (Å²) in [5.74, 6) is 2.34. The minimum Gasteiger partial charge on any atom is -0.486 e. The molecule has 4 nitrogen and oxygen atoms in total. The number of carbonyl (C=O) groups is 1. The van der Waals surface area contributed by atoms with Crippen molar-refractivity contribution in [1.29, 1.82) is 0 Å². The quantitative estimate of drug-likeness (QED) is 0.790. The van der Waals surface area contributed by atoms with E-state index in [4.69, 9.17) is 9.47 Å². The maximum Gasteiger partial charge on any atom is 0.221 e. The van der Waals surface area contributed by atoms with Gasteiger partial charge in [-0.25, -0.2) is 0 Å². The fraction of sp³-hybridized carbons (Fsp3) is 0.350. The predicted octanol–water partition coefficient (Wildman–Crippen LogP) is 4.13. The van der Waals surface area contributed by atoms with Crippen LogP contribution in [0.15, 0.2) is 47.4 Å². The van der Waals surface area contributed by atoms with Crippen molar-refractivity contribution >= 4 is 17.7 Å². The van der Waals surface area contributed by atoms with Crippen LogP contribution in [0.2, 0.25) is 0 Å². The molecule has 0 radical (unpaired) electrons. The van der Waals surface area contributed by atoms with E-state index in [0.717, 1.165) is 22.8 Å². The molecule has 5 heteroatoms. The van der Waals surface area contributed by atoms with Crippen LogP contribution < -0.4 is 14.8 Å². The number of benzene rings is 2. The molecule has 1 aliphatic rings. The van der Waals surface area contributed by atoms with E-state index < -0.39 is 0 Å². The van der Waals surface area contributed by atoms with Crippen LogP contribution in [0.4, 0.5) is 0 Å². The number of hydrogen-bond acceptors (Lipinski definition) is 4. The third-order valence-corrected chi connectivity index (χ3v) is 5.08. The Bertz CT molecular complexity index is 730. The summed E-state index contributed by atoms with van der Waals surface area (Å²) >= 11 is 1.70. The molecule has 1 heterocycles. The summed E-state index contributed by atoms with van der Waals surface area (Å²) in [5, 5.41) is 3.05. The zero-order valence-electron chi connectivity index (χ0n) is 14.6. The molecule has 0 bridgehead atoms. The van der Waals surface area contributed by atoms with Crippen LogP contribution in [0, 0.1) is 6.92 Å². The molecule has 0 saturated carbocycles. The molecular weight excluding hydrogens is 334 g/mol. The Kier molecular flexibility index (Phi) is 5.87. The van der Waals surface area contributed by atoms with Crippen molar-refractivity contribution in [2.24, 2.45) is 0 Å². The lowest BCUT2D eigenvalue weighted by molar-refractivity contribution is -0.121. The number of nitrogens with one attached hydrogen (secondary N) is 1. The molecule has 132 valence electrons. The Labute approximate surface area is 152 Å². The van der Waals surface area contributed by atoms with Gasteiger partial charge in [0.1, 0.15) is 13.2 Å². The van der Waals surface area contributed by atoms with Gasteiger partial charge in [0.25, 0.3) is 0 Å². The van der Waals surface area contributed by atoms with Gasteiger partial charge < -0.3 is 14.8 Å². The molecule has 1 N–H and O–H groups in total. The number of carbonyl (C=O) groups excluding carboxylic acids is 1. The number of rotatable bonds is 6. The summed E-state index contributed by atoms with van der Waals surface area (Å²) in [6.45, 7) is 5.20. The largest absolute Gasteiger partial charge is 0.486 e. The van der Waals surface area contributed by atoms with Gasteiger partial charge in [0, 0.05) is 17.1 Å². The molecule has 3 rings (SSSR count). The second kappa shape index (κ2) is 8.30. The van der Waals surface area contributed by atoms with E-state index in [2.05, 4.69) is 36.5 Å². The second-order valence-corrected chi connectivity index (χ2v) is 7.27. The molecule has 1 atom stereocenters. The summed E-state index contributed by atoms with van der Waals surface area (Å²) in [4.78, 5) is 13.4. The Morgan fingerprint density at radius 2 is 1.84 bits per heavy atom. The minimum absolute atomic E-state index is 0.0574. The number of aryl methyl sites for hydroxylation is 1. The SMILES string of the molecule is Cc1ccc(SCCC(=O)NC(C)c2ccc3c(c2)OCCO3)cc1. The van der Waals surface area contributed by atoms with Gasteiger partial charge in [-0.05, 0) is 43.7 Å². The minimum atomic E-state index is -0.0623. The predicted molar refractivity (Wildman–Crippen MR) is 101 cm³/mol. The van der Waals surface area contributed by atoms with Gasteiger partial charge in [-0.2, -0.15) is 0 Å². The molecule has 0 saturated heterocycles. The molecule has 1 unspecified atom stereocenters. The van der Waals surface area contributed by atoms with E-state index in [0.29, 0.717) is 19.6 Å². The van der Waals surface area contributed by atoms with Crippen molar-refractivity contribution < 1.29 is 14.3 Å². The molecule has 2 aromatic rings. The third kappa shape index (κ3) is 4.92. The van der Waals surface area contributed by atoms with Crippen molar-refractivity contribution in [1.82, 2.24) is 5.32 Å². The monoisotopic (exact) mass is 357 g/mol. The van der Waals surface area contributed by atoms with E-state index in [9.17, 15) is 4.79 Å². The Balaban J connectivity index is 1.48. The third-order valence-electron chi connectivity index (χ3n) is 4.06. The van der Waals surface area contributed by atoms with E-state index >= 15 is 0 Å². The number of ether oxygens (including phenoxy) is 2. The smallest absolute Gasteiger partial charge is 0.221 e. The molecule has 25 heavy (non-hydrogen) atoms. The lowest BCUT2D eigenvalue weighted by Crippen LogP contribution is -2.27. The van der Waals surface area contributed by atoms with E-state index in [1.807, 2.05) is 25.1 Å². The first-order chi connectivity index (χ1) is 12.1. The number of amides is 1. The van der Waals surface area contributed by atoms with Gasteiger partial charge in [0.15, 0.2) is 11.5 Å². The lowest BCUT2D eigenvalue weighted by atomic mass is 10.1. The van der Waals surface area contributed by atoms with Gasteiger partial charge in [0.05, 0.1) is 6.04 Å². The first-order valence-corrected chi connectivity index (χ1v) is 9.49. The van der Waals surface area contributed by atoms with Crippen LogP contribution in [0.1, 0.15) is 30.5 Å². The topological polar surface area (TPSA) is 47.6 Å². The Hall–Kier alpha value is -2.14. The average Bonchev–Trinajstić information content (AvgIpc) is 2.63. The molecule has 0 fully saturated rings. The zero-order valence-corrected chi connectivity index (χ0v) is 15.4. The fourth-order valence-corrected chi connectivity index (χ4v) is 3.47. The second-order valence-electron chi connectivity index (χ2n) is 6.10. The van der Waals surface area contributed by atoms with E-state index in [1.165, 1.54) is 10.5 Å². The highest BCUT2D eigenvalue weighted by atomic mass is 32.2. The molecule has 0 aromatic heterocycles. The first kappa shape index (κ1) is 17.7. The van der Waals surface area contributed by atoms with Gasteiger partial charge in [-0.15, -0.1) is 11.8 Å². The zero-order chi connectivity index (χ0) is 17.6. The van der Waals surface area contributed by atoms with E-state index in [1.54, 1.807) is 11.8 Å². The summed E-state index contributed by atoms with van der Waals surface area (Å²) in [7, 11) is 0. The van der Waals surface area contributed by atoms with Crippen LogP contribution in [-0.4, -0.2) is 24.9 Å². The lowest BCUT2D eigenvalue weighted by Gasteiger charge is -2.21. The normalized spacial score (nSPS) is 14.0. The van der Waals surface area contributed by atoms with Crippen molar-refractivity contribution in [2.45, 2.75) is 31.2 Å². The average molecular weight is 357 g/mol. The van der Waals surface area contributed by atoms with Crippen molar-refractivity contribution in [3.8, 4) is 11.5 Å². The molecule has 0 aliphatic carbocycles. The molecular formula is C20H23NO3S. The number of fused-ring (bicyclic) bond motifs is 1. The first-order valence-electron chi connectivity index (χ1n) is 8.50. The highest BCUT2D eigenvalue weighted by molar-refractivity contribution is 7.99. The van der Waals surface area contributed by atoms with E-state index in [-0.39, 0.29) is 11.9 Å². The van der Waals surface area contributed by atoms with Crippen LogP contribution in [0.3, 0.4) is 0 Å². The summed E-state index contributed by atoms with van der Waals surface area (Å²) < 4.78 is 11.1. The fourth-order valence-electron chi connectivity index (χ4n) is 2.62. The van der Waals surface area contributed by atoms with Crippen molar-refractivity contribution in [2.75, 3.05) is 19.0 Å². The molecule has 0 spiro atoms. The highest BCUT2D eigenvalue weighted by Gasteiger charge is 2.15. The van der Waals surface area contributed by atoms with Crippen molar-refractivity contribution in [3.63, 3.8) is 0 Å². The van der Waals surface area contributed by atoms with Crippen LogP contribution >= 0.6 is 11.8 Å². The van der Waals surface area contributed by atoms with Crippen molar-refractivity contribution in [3.05, 3.63) is 53.6 Å². The van der Waals surface area contributed by atoms with Gasteiger partial charge in [-0.1, -0.05) is 23.8 Å². The van der Waals surface area contributed by atoms with Gasteiger partial charge >= 0.3 is 0 Å². The Morgan fingerprint density at radius 3 is 2.60 bits per heavy atom. The summed E-state index contributed by atoms with van der Waals surface area (Å²) in [5.41, 5.74) is 2.26. The molecule has 1 aliphatic heterocycles. The number of hydrogen-bond donors (Lipinski definition) is 1. The molecule has 2 aromatic carbocycles. The van der Waals surface area contributed by atoms with Crippen LogP contribution in [0.25, 0.3) is 0 Å². The number of thioether (sulfide) groups is 1. The highest BCUT2D eigenvalue weighted by Crippen LogP contribution is 2.32. The summed E-state index contributed by atoms with van der Waals surface area (Å²) in [6.07, 6.45) is 0.493. The van der Waals surface area contributed by atoms with Gasteiger partial charge in [0.2, 0.25) is 5.91 Å². The van der Waals surface area contributed by atoms with Crippen LogP contribution in [-0.2, 0) is 4.79 Å². The maximum atomic E-state index is 12.2. The molecule has 1 amide bonds. The standard InChI is InChI=1S/C20H23NO3S/c1-14-3-6-17(7-4-14)25-12-9-20(22)21-15(2)16-5-8-18-19(13-16)24-11-10-23-18/h3-8,13,15H,9-12H2,1-2H3,(H,21,22). The Morgan fingerprint density at radius 1 is 1.12 bits per heavy atom. The van der Waals surface area contributed by atoms with Crippen LogP contribution in [0.5, 0.6) is 11.5 Å². The van der Waals surface area contributed by atoms with Gasteiger partial charge in [-0.3, -0.25) is 4.79 Å². The maximum absolute atomic E-state index is 12.2. The summed E-state index contributed by atoms with van der Waals surface area (Å²) in [6, 6.07) is 14.1.